The van der Waals surface area contributed by atoms with E-state index in [0.717, 1.165) is 6.07 Å². The Morgan fingerprint density at radius 1 is 1.19 bits per heavy atom. The minimum atomic E-state index is -5.08. The topological polar surface area (TPSA) is 109 Å². The number of halogens is 5. The number of ether oxygens (including phenoxy) is 1. The number of carboxylic acids is 1. The van der Waals surface area contributed by atoms with E-state index >= 15 is 0 Å². The summed E-state index contributed by atoms with van der Waals surface area (Å²) in [4.78, 5) is 39.9. The molecule has 0 radical (unpaired) electrons. The Kier molecular flexibility index (Phi) is 8.10. The van der Waals surface area contributed by atoms with Crippen molar-refractivity contribution in [1.82, 2.24) is 15.2 Å². The Labute approximate surface area is 202 Å². The van der Waals surface area contributed by atoms with Crippen LogP contribution in [0.1, 0.15) is 12.0 Å². The number of likely N-dealkylation sites (tertiary alicyclic amines) is 1. The molecular formula is C23H22F5N3O5. The van der Waals surface area contributed by atoms with Crippen LogP contribution in [-0.2, 0) is 20.8 Å². The lowest BCUT2D eigenvalue weighted by Crippen LogP contribution is -2.41. The standard InChI is InChI=1S/C21H21F2N3O3.C2HF3O2/c22-16-5-3-4-14(19(16)23)10-18(27)26-9-7-21(13-26)15(11-25-20(21)28)12-29-17-6-1-2-8-24-17;3-2(4,5)1(6)7/h1-6,8,15H,7,9-13H2,(H,25,28);(H,6,7)/t15-,21-;/m1./s1. The van der Waals surface area contributed by atoms with Gasteiger partial charge >= 0.3 is 12.1 Å². The Bertz CT molecular complexity index is 1120. The molecule has 2 aliphatic heterocycles. The highest BCUT2D eigenvalue weighted by Crippen LogP contribution is 2.42. The number of nitrogens with one attached hydrogen (secondary N) is 1. The molecule has 2 fully saturated rings. The van der Waals surface area contributed by atoms with Gasteiger partial charge in [0, 0.05) is 43.4 Å². The van der Waals surface area contributed by atoms with E-state index < -0.39 is 29.2 Å². The van der Waals surface area contributed by atoms with Gasteiger partial charge in [-0.05, 0) is 18.6 Å². The van der Waals surface area contributed by atoms with Crippen molar-refractivity contribution in [3.8, 4) is 5.88 Å². The summed E-state index contributed by atoms with van der Waals surface area (Å²) in [6.45, 7) is 1.40. The van der Waals surface area contributed by atoms with Gasteiger partial charge in [-0.2, -0.15) is 13.2 Å². The molecule has 13 heteroatoms. The molecule has 1 aromatic carbocycles. The fourth-order valence-corrected chi connectivity index (χ4v) is 4.13. The quantitative estimate of drug-likeness (QED) is 0.593. The molecule has 8 nitrogen and oxygen atoms in total. The monoisotopic (exact) mass is 515 g/mol. The van der Waals surface area contributed by atoms with Crippen molar-refractivity contribution in [2.45, 2.75) is 19.0 Å². The van der Waals surface area contributed by atoms with E-state index in [9.17, 15) is 31.5 Å². The maximum absolute atomic E-state index is 13.9. The van der Waals surface area contributed by atoms with Crippen molar-refractivity contribution in [2.24, 2.45) is 11.3 Å². The van der Waals surface area contributed by atoms with E-state index in [1.54, 1.807) is 23.2 Å². The van der Waals surface area contributed by atoms with E-state index in [1.165, 1.54) is 12.1 Å². The summed E-state index contributed by atoms with van der Waals surface area (Å²) in [7, 11) is 0. The zero-order valence-corrected chi connectivity index (χ0v) is 18.7. The van der Waals surface area contributed by atoms with Crippen LogP contribution in [0, 0.1) is 23.0 Å². The number of pyridine rings is 1. The predicted molar refractivity (Wildman–Crippen MR) is 114 cm³/mol. The highest BCUT2D eigenvalue weighted by atomic mass is 19.4. The summed E-state index contributed by atoms with van der Waals surface area (Å²) in [5, 5.41) is 10.0. The molecule has 194 valence electrons. The third kappa shape index (κ3) is 6.07. The molecule has 3 heterocycles. The van der Waals surface area contributed by atoms with Crippen LogP contribution in [0.2, 0.25) is 0 Å². The molecule has 0 bridgehead atoms. The normalized spacial score (nSPS) is 21.1. The van der Waals surface area contributed by atoms with Gasteiger partial charge in [0.2, 0.25) is 17.7 Å². The van der Waals surface area contributed by atoms with Gasteiger partial charge in [0.15, 0.2) is 11.6 Å². The number of amides is 2. The van der Waals surface area contributed by atoms with Crippen LogP contribution in [0.15, 0.2) is 42.6 Å². The van der Waals surface area contributed by atoms with Gasteiger partial charge in [0.25, 0.3) is 0 Å². The molecule has 0 unspecified atom stereocenters. The largest absolute Gasteiger partial charge is 0.490 e. The van der Waals surface area contributed by atoms with Crippen molar-refractivity contribution in [3.05, 3.63) is 59.8 Å². The number of hydrogen-bond donors (Lipinski definition) is 2. The molecule has 2 amide bonds. The SMILES string of the molecule is O=C(Cc1cccc(F)c1F)N1CC[C@]2(C1)C(=O)NC[C@@H]2COc1ccccn1.O=C(O)C(F)(F)F. The molecule has 2 aromatic rings. The molecule has 36 heavy (non-hydrogen) atoms. The number of rotatable bonds is 5. The number of aromatic nitrogens is 1. The molecule has 2 atom stereocenters. The number of hydrogen-bond acceptors (Lipinski definition) is 5. The first-order valence-electron chi connectivity index (χ1n) is 10.8. The van der Waals surface area contributed by atoms with Crippen molar-refractivity contribution in [2.75, 3.05) is 26.2 Å². The summed E-state index contributed by atoms with van der Waals surface area (Å²) in [6, 6.07) is 9.14. The van der Waals surface area contributed by atoms with Gasteiger partial charge < -0.3 is 20.1 Å². The zero-order chi connectivity index (χ0) is 26.5. The van der Waals surface area contributed by atoms with Gasteiger partial charge in [-0.15, -0.1) is 0 Å². The molecule has 4 rings (SSSR count). The minimum absolute atomic E-state index is 0.0156. The fourth-order valence-electron chi connectivity index (χ4n) is 4.13. The molecule has 0 aliphatic carbocycles. The van der Waals surface area contributed by atoms with E-state index in [2.05, 4.69) is 10.3 Å². The van der Waals surface area contributed by atoms with Crippen LogP contribution in [-0.4, -0.2) is 65.2 Å². The molecule has 2 aliphatic rings. The summed E-state index contributed by atoms with van der Waals surface area (Å²) in [6.07, 6.45) is -3.19. The van der Waals surface area contributed by atoms with Crippen LogP contribution in [0.3, 0.4) is 0 Å². The first kappa shape index (κ1) is 26.8. The highest BCUT2D eigenvalue weighted by molar-refractivity contribution is 5.88. The average molecular weight is 515 g/mol. The second-order valence-corrected chi connectivity index (χ2v) is 8.30. The number of carboxylic acid groups (broad SMARTS) is 1. The van der Waals surface area contributed by atoms with Crippen molar-refractivity contribution < 1.29 is 46.2 Å². The third-order valence-corrected chi connectivity index (χ3v) is 6.08. The van der Waals surface area contributed by atoms with E-state index in [1.807, 2.05) is 6.07 Å². The number of alkyl halides is 3. The van der Waals surface area contributed by atoms with Crippen LogP contribution in [0.5, 0.6) is 5.88 Å². The van der Waals surface area contributed by atoms with Crippen LogP contribution in [0.25, 0.3) is 0 Å². The van der Waals surface area contributed by atoms with E-state index in [4.69, 9.17) is 14.6 Å². The second kappa shape index (κ2) is 10.9. The first-order valence-corrected chi connectivity index (χ1v) is 10.8. The molecule has 1 spiro atoms. The Balaban J connectivity index is 0.000000454. The van der Waals surface area contributed by atoms with Gasteiger partial charge in [-0.3, -0.25) is 9.59 Å². The zero-order valence-electron chi connectivity index (χ0n) is 18.7. The second-order valence-electron chi connectivity index (χ2n) is 8.30. The first-order chi connectivity index (χ1) is 16.9. The lowest BCUT2D eigenvalue weighted by molar-refractivity contribution is -0.192. The molecular weight excluding hydrogens is 493 g/mol. The van der Waals surface area contributed by atoms with Crippen molar-refractivity contribution in [1.29, 1.82) is 0 Å². The van der Waals surface area contributed by atoms with Gasteiger partial charge in [0.05, 0.1) is 18.4 Å². The smallest absolute Gasteiger partial charge is 0.477 e. The molecule has 2 N–H and O–H groups in total. The lowest BCUT2D eigenvalue weighted by Gasteiger charge is -2.28. The van der Waals surface area contributed by atoms with Crippen molar-refractivity contribution in [3.63, 3.8) is 0 Å². The number of carbonyl (C=O) groups excluding carboxylic acids is 2. The number of carbonyl (C=O) groups is 3. The maximum Gasteiger partial charge on any atom is 0.490 e. The average Bonchev–Trinajstić information content (AvgIpc) is 3.41. The predicted octanol–water partition coefficient (Wildman–Crippen LogP) is 2.58. The number of nitrogens with zero attached hydrogens (tertiary/aromatic N) is 2. The molecule has 1 aromatic heterocycles. The fraction of sp³-hybridized carbons (Fsp3) is 0.391. The number of benzene rings is 1. The lowest BCUT2D eigenvalue weighted by atomic mass is 9.77. The Morgan fingerprint density at radius 2 is 1.92 bits per heavy atom. The minimum Gasteiger partial charge on any atom is -0.477 e. The van der Waals surface area contributed by atoms with Crippen LogP contribution in [0.4, 0.5) is 22.0 Å². The summed E-state index contributed by atoms with van der Waals surface area (Å²) in [5.74, 6) is -4.79. The van der Waals surface area contributed by atoms with Crippen molar-refractivity contribution >= 4 is 17.8 Å². The van der Waals surface area contributed by atoms with Gasteiger partial charge in [-0.1, -0.05) is 18.2 Å². The van der Waals surface area contributed by atoms with Gasteiger partial charge in [-0.25, -0.2) is 18.6 Å². The molecule has 2 saturated heterocycles. The summed E-state index contributed by atoms with van der Waals surface area (Å²) >= 11 is 0. The van der Waals surface area contributed by atoms with Crippen LogP contribution < -0.4 is 10.1 Å². The van der Waals surface area contributed by atoms with E-state index in [-0.39, 0.29) is 36.3 Å². The number of aliphatic carboxylic acids is 1. The van der Waals surface area contributed by atoms with E-state index in [0.29, 0.717) is 32.0 Å². The highest BCUT2D eigenvalue weighted by Gasteiger charge is 2.55. The molecule has 0 saturated carbocycles. The Hall–Kier alpha value is -3.77. The maximum atomic E-state index is 13.9. The Morgan fingerprint density at radius 3 is 2.56 bits per heavy atom. The summed E-state index contributed by atoms with van der Waals surface area (Å²) < 4.78 is 64.8. The summed E-state index contributed by atoms with van der Waals surface area (Å²) in [5.41, 5.74) is -0.716. The van der Waals surface area contributed by atoms with Crippen LogP contribution >= 0.6 is 0 Å². The third-order valence-electron chi connectivity index (χ3n) is 6.08. The van der Waals surface area contributed by atoms with Gasteiger partial charge in [0.1, 0.15) is 0 Å².